The second-order valence-electron chi connectivity index (χ2n) is 7.31. The monoisotopic (exact) mass is 442 g/mol. The van der Waals surface area contributed by atoms with Crippen molar-refractivity contribution in [1.29, 1.82) is 0 Å². The summed E-state index contributed by atoms with van der Waals surface area (Å²) in [7, 11) is 3.30. The standard InChI is InChI=1S/C24H21F3N2O3/c1-28(2)21-13-10-17(24(25,26)27)14-22(21)29(18-6-4-3-5-7-18)23(32)20(15-30)16-8-11-19(31)12-9-16/h3-15,20,31H,1-2H3. The second-order valence-corrected chi connectivity index (χ2v) is 7.31. The highest BCUT2D eigenvalue weighted by atomic mass is 19.4. The summed E-state index contributed by atoms with van der Waals surface area (Å²) >= 11 is 0. The summed E-state index contributed by atoms with van der Waals surface area (Å²) in [6.45, 7) is 0. The number of carbonyl (C=O) groups excluding carboxylic acids is 2. The average Bonchev–Trinajstić information content (AvgIpc) is 2.76. The van der Waals surface area contributed by atoms with Crippen LogP contribution in [0.2, 0.25) is 0 Å². The highest BCUT2D eigenvalue weighted by Gasteiger charge is 2.34. The summed E-state index contributed by atoms with van der Waals surface area (Å²) in [6, 6.07) is 16.8. The van der Waals surface area contributed by atoms with Gasteiger partial charge in [0.1, 0.15) is 18.0 Å². The second kappa shape index (κ2) is 9.13. The van der Waals surface area contributed by atoms with E-state index in [2.05, 4.69) is 0 Å². The molecule has 5 nitrogen and oxygen atoms in total. The van der Waals surface area contributed by atoms with Crippen LogP contribution in [0.3, 0.4) is 0 Å². The van der Waals surface area contributed by atoms with Gasteiger partial charge < -0.3 is 14.8 Å². The lowest BCUT2D eigenvalue weighted by Gasteiger charge is -2.30. The summed E-state index contributed by atoms with van der Waals surface area (Å²) in [5.74, 6) is -2.06. The minimum atomic E-state index is -4.62. The Kier molecular flexibility index (Phi) is 6.53. The molecule has 1 atom stereocenters. The van der Waals surface area contributed by atoms with Crippen LogP contribution in [0.1, 0.15) is 17.0 Å². The van der Waals surface area contributed by atoms with Gasteiger partial charge in [-0.05, 0) is 48.0 Å². The van der Waals surface area contributed by atoms with E-state index < -0.39 is 23.6 Å². The van der Waals surface area contributed by atoms with E-state index in [9.17, 15) is 27.9 Å². The fourth-order valence-electron chi connectivity index (χ4n) is 3.32. The Bertz CT molecular complexity index is 1100. The highest BCUT2D eigenvalue weighted by Crippen LogP contribution is 2.40. The van der Waals surface area contributed by atoms with E-state index in [1.54, 1.807) is 49.3 Å². The minimum absolute atomic E-state index is 0.00773. The van der Waals surface area contributed by atoms with E-state index >= 15 is 0 Å². The molecule has 0 fully saturated rings. The van der Waals surface area contributed by atoms with Crippen LogP contribution in [0.25, 0.3) is 0 Å². The van der Waals surface area contributed by atoms with Crippen molar-refractivity contribution in [3.8, 4) is 5.75 Å². The average molecular weight is 442 g/mol. The van der Waals surface area contributed by atoms with Gasteiger partial charge in [-0.25, -0.2) is 0 Å². The first-order valence-electron chi connectivity index (χ1n) is 9.65. The molecule has 0 aromatic heterocycles. The van der Waals surface area contributed by atoms with Gasteiger partial charge in [0.05, 0.1) is 16.9 Å². The number of rotatable bonds is 6. The summed E-state index contributed by atoms with van der Waals surface area (Å²) < 4.78 is 40.5. The van der Waals surface area contributed by atoms with E-state index in [1.165, 1.54) is 30.3 Å². The Balaban J connectivity index is 2.23. The number of hydrogen-bond acceptors (Lipinski definition) is 4. The van der Waals surface area contributed by atoms with E-state index in [1.807, 2.05) is 0 Å². The molecule has 1 amide bonds. The predicted molar refractivity (Wildman–Crippen MR) is 116 cm³/mol. The van der Waals surface area contributed by atoms with Gasteiger partial charge in [-0.15, -0.1) is 0 Å². The zero-order valence-corrected chi connectivity index (χ0v) is 17.4. The number of benzene rings is 3. The Labute approximate surface area is 183 Å². The lowest BCUT2D eigenvalue weighted by atomic mass is 9.97. The maximum Gasteiger partial charge on any atom is 0.416 e. The highest BCUT2D eigenvalue weighted by molar-refractivity contribution is 6.12. The van der Waals surface area contributed by atoms with Gasteiger partial charge in [0.15, 0.2) is 0 Å². The summed E-state index contributed by atoms with van der Waals surface area (Å²) in [5, 5.41) is 9.52. The third kappa shape index (κ3) is 4.74. The molecule has 3 rings (SSSR count). The van der Waals surface area contributed by atoms with Gasteiger partial charge in [-0.2, -0.15) is 13.2 Å². The molecule has 0 saturated heterocycles. The van der Waals surface area contributed by atoms with Gasteiger partial charge in [0, 0.05) is 19.8 Å². The Morgan fingerprint density at radius 1 is 0.938 bits per heavy atom. The number of alkyl halides is 3. The van der Waals surface area contributed by atoms with E-state index in [4.69, 9.17) is 0 Å². The number of phenols is 1. The summed E-state index contributed by atoms with van der Waals surface area (Å²) in [4.78, 5) is 28.3. The molecule has 0 aliphatic carbocycles. The van der Waals surface area contributed by atoms with E-state index in [0.717, 1.165) is 17.0 Å². The van der Waals surface area contributed by atoms with Crippen LogP contribution in [0.4, 0.5) is 30.2 Å². The first kappa shape index (κ1) is 22.9. The number of aromatic hydroxyl groups is 1. The number of hydrogen-bond donors (Lipinski definition) is 1. The van der Waals surface area contributed by atoms with Crippen LogP contribution in [0.15, 0.2) is 72.8 Å². The molecule has 0 saturated carbocycles. The van der Waals surface area contributed by atoms with Crippen molar-refractivity contribution in [3.63, 3.8) is 0 Å². The Morgan fingerprint density at radius 3 is 2.09 bits per heavy atom. The lowest BCUT2D eigenvalue weighted by Crippen LogP contribution is -2.33. The summed E-state index contributed by atoms with van der Waals surface area (Å²) in [5.41, 5.74) is 0.0593. The van der Waals surface area contributed by atoms with Crippen molar-refractivity contribution in [1.82, 2.24) is 0 Å². The first-order chi connectivity index (χ1) is 15.1. The molecule has 0 heterocycles. The fourth-order valence-corrected chi connectivity index (χ4v) is 3.32. The molecular weight excluding hydrogens is 421 g/mol. The molecular formula is C24H21F3N2O3. The lowest BCUT2D eigenvalue weighted by molar-refractivity contribution is -0.137. The maximum atomic E-state index is 13.6. The van der Waals surface area contributed by atoms with Gasteiger partial charge in [0.2, 0.25) is 5.91 Å². The van der Waals surface area contributed by atoms with Crippen LogP contribution in [0, 0.1) is 0 Å². The van der Waals surface area contributed by atoms with Crippen molar-refractivity contribution in [2.45, 2.75) is 12.1 Å². The van der Waals surface area contributed by atoms with Crippen LogP contribution in [-0.4, -0.2) is 31.4 Å². The number of aldehydes is 1. The molecule has 0 aliphatic rings. The van der Waals surface area contributed by atoms with E-state index in [-0.39, 0.29) is 11.4 Å². The van der Waals surface area contributed by atoms with Crippen molar-refractivity contribution < 1.29 is 27.9 Å². The molecule has 32 heavy (non-hydrogen) atoms. The Morgan fingerprint density at radius 2 is 1.56 bits per heavy atom. The molecule has 1 N–H and O–H groups in total. The fraction of sp³-hybridized carbons (Fsp3) is 0.167. The van der Waals surface area contributed by atoms with Crippen LogP contribution >= 0.6 is 0 Å². The number of phenolic OH excluding ortho intramolecular Hbond substituents is 1. The van der Waals surface area contributed by atoms with Crippen molar-refractivity contribution in [2.24, 2.45) is 0 Å². The SMILES string of the molecule is CN(C)c1ccc(C(F)(F)F)cc1N(C(=O)C(C=O)c1ccc(O)cc1)c1ccccc1. The minimum Gasteiger partial charge on any atom is -0.508 e. The molecule has 8 heteroatoms. The molecule has 0 spiro atoms. The van der Waals surface area contributed by atoms with Crippen molar-refractivity contribution in [3.05, 3.63) is 83.9 Å². The van der Waals surface area contributed by atoms with Gasteiger partial charge in [0.25, 0.3) is 0 Å². The molecule has 0 radical (unpaired) electrons. The molecule has 0 bridgehead atoms. The maximum absolute atomic E-state index is 13.6. The van der Waals surface area contributed by atoms with Gasteiger partial charge >= 0.3 is 6.18 Å². The largest absolute Gasteiger partial charge is 0.508 e. The number of carbonyl (C=O) groups is 2. The van der Waals surface area contributed by atoms with Gasteiger partial charge in [-0.3, -0.25) is 9.69 Å². The number of anilines is 3. The van der Waals surface area contributed by atoms with Crippen molar-refractivity contribution >= 4 is 29.3 Å². The molecule has 0 aliphatic heterocycles. The molecule has 166 valence electrons. The quantitative estimate of drug-likeness (QED) is 0.425. The predicted octanol–water partition coefficient (Wildman–Crippen LogP) is 5.12. The smallest absolute Gasteiger partial charge is 0.416 e. The van der Waals surface area contributed by atoms with Crippen LogP contribution in [0.5, 0.6) is 5.75 Å². The normalized spacial score (nSPS) is 12.2. The third-order valence-corrected chi connectivity index (χ3v) is 4.91. The van der Waals surface area contributed by atoms with Crippen LogP contribution in [-0.2, 0) is 15.8 Å². The molecule has 3 aromatic rings. The number of nitrogens with zero attached hydrogens (tertiary/aromatic N) is 2. The molecule has 3 aromatic carbocycles. The third-order valence-electron chi connectivity index (χ3n) is 4.91. The first-order valence-corrected chi connectivity index (χ1v) is 9.65. The van der Waals surface area contributed by atoms with E-state index in [0.29, 0.717) is 23.2 Å². The van der Waals surface area contributed by atoms with Crippen molar-refractivity contribution in [2.75, 3.05) is 23.9 Å². The zero-order chi connectivity index (χ0) is 23.5. The topological polar surface area (TPSA) is 60.9 Å². The number of halogens is 3. The molecule has 1 unspecified atom stereocenters. The van der Waals surface area contributed by atoms with Crippen LogP contribution < -0.4 is 9.80 Å². The number of para-hydroxylation sites is 1. The number of amides is 1. The zero-order valence-electron chi connectivity index (χ0n) is 17.4. The van der Waals surface area contributed by atoms with Gasteiger partial charge in [-0.1, -0.05) is 30.3 Å². The Hall–Kier alpha value is -3.81. The summed E-state index contributed by atoms with van der Waals surface area (Å²) in [6.07, 6.45) is -4.18.